The molecule has 1 heterocycles. The van der Waals surface area contributed by atoms with E-state index in [1.165, 1.54) is 12.1 Å². The third-order valence-electron chi connectivity index (χ3n) is 3.67. The van der Waals surface area contributed by atoms with E-state index >= 15 is 0 Å². The minimum absolute atomic E-state index is 0.234. The standard InChI is InChI=1S/C18H20FN5/c1-20-18(22-12-13-5-4-6-14(19)11-13)21-10-9-17-23-15-7-2-3-8-16(15)24-17/h2-8,11H,9-10,12H2,1H3,(H,23,24)(H2,20,21,22). The highest BCUT2D eigenvalue weighted by molar-refractivity contribution is 5.79. The van der Waals surface area contributed by atoms with Crippen LogP contribution in [-0.2, 0) is 13.0 Å². The van der Waals surface area contributed by atoms with Crippen LogP contribution in [0.15, 0.2) is 53.5 Å². The van der Waals surface area contributed by atoms with Gasteiger partial charge in [0.05, 0.1) is 11.0 Å². The number of nitrogens with one attached hydrogen (secondary N) is 3. The summed E-state index contributed by atoms with van der Waals surface area (Å²) < 4.78 is 13.2. The fraction of sp³-hybridized carbons (Fsp3) is 0.222. The molecule has 0 saturated heterocycles. The molecule has 2 aromatic carbocycles. The first-order valence-corrected chi connectivity index (χ1v) is 7.87. The number of aliphatic imine (C=N–C) groups is 1. The summed E-state index contributed by atoms with van der Waals surface area (Å²) >= 11 is 0. The summed E-state index contributed by atoms with van der Waals surface area (Å²) in [6, 6.07) is 14.5. The summed E-state index contributed by atoms with van der Waals surface area (Å²) in [7, 11) is 1.71. The second-order valence-electron chi connectivity index (χ2n) is 5.43. The Morgan fingerprint density at radius 2 is 2.04 bits per heavy atom. The van der Waals surface area contributed by atoms with Crippen molar-refractivity contribution in [3.63, 3.8) is 0 Å². The number of aromatic amines is 1. The van der Waals surface area contributed by atoms with Crippen LogP contribution in [0.5, 0.6) is 0 Å². The van der Waals surface area contributed by atoms with Crippen molar-refractivity contribution in [3.8, 4) is 0 Å². The molecule has 0 saturated carbocycles. The number of imidazole rings is 1. The van der Waals surface area contributed by atoms with Crippen molar-refractivity contribution in [1.29, 1.82) is 0 Å². The number of halogens is 1. The van der Waals surface area contributed by atoms with E-state index in [9.17, 15) is 4.39 Å². The molecular weight excluding hydrogens is 305 g/mol. The monoisotopic (exact) mass is 325 g/mol. The molecule has 0 fully saturated rings. The first kappa shape index (κ1) is 16.0. The van der Waals surface area contributed by atoms with Gasteiger partial charge in [0.2, 0.25) is 0 Å². The Balaban J connectivity index is 1.49. The first-order valence-electron chi connectivity index (χ1n) is 7.87. The molecule has 1 aromatic heterocycles. The van der Waals surface area contributed by atoms with Crippen LogP contribution in [0.3, 0.4) is 0 Å². The summed E-state index contributed by atoms with van der Waals surface area (Å²) in [4.78, 5) is 12.0. The maximum Gasteiger partial charge on any atom is 0.191 e. The zero-order chi connectivity index (χ0) is 16.8. The number of hydrogen-bond acceptors (Lipinski definition) is 2. The van der Waals surface area contributed by atoms with Gasteiger partial charge in [0.1, 0.15) is 11.6 Å². The first-order chi connectivity index (χ1) is 11.7. The lowest BCUT2D eigenvalue weighted by molar-refractivity contribution is 0.624. The number of hydrogen-bond donors (Lipinski definition) is 3. The van der Waals surface area contributed by atoms with Gasteiger partial charge in [0, 0.05) is 26.6 Å². The lowest BCUT2D eigenvalue weighted by atomic mass is 10.2. The topological polar surface area (TPSA) is 65.1 Å². The molecular formula is C18H20FN5. The van der Waals surface area contributed by atoms with Gasteiger partial charge in [-0.2, -0.15) is 0 Å². The average Bonchev–Trinajstić information content (AvgIpc) is 3.00. The summed E-state index contributed by atoms with van der Waals surface area (Å²) in [5, 5.41) is 6.40. The van der Waals surface area contributed by atoms with Gasteiger partial charge < -0.3 is 15.6 Å². The van der Waals surface area contributed by atoms with E-state index in [2.05, 4.69) is 25.6 Å². The van der Waals surface area contributed by atoms with Crippen molar-refractivity contribution >= 4 is 17.0 Å². The smallest absolute Gasteiger partial charge is 0.191 e. The molecule has 6 heteroatoms. The maximum absolute atomic E-state index is 13.2. The van der Waals surface area contributed by atoms with Crippen molar-refractivity contribution in [2.24, 2.45) is 4.99 Å². The van der Waals surface area contributed by atoms with Gasteiger partial charge in [-0.1, -0.05) is 24.3 Å². The average molecular weight is 325 g/mol. The van der Waals surface area contributed by atoms with E-state index in [1.807, 2.05) is 30.3 Å². The third-order valence-corrected chi connectivity index (χ3v) is 3.67. The largest absolute Gasteiger partial charge is 0.356 e. The van der Waals surface area contributed by atoms with E-state index < -0.39 is 0 Å². The van der Waals surface area contributed by atoms with Gasteiger partial charge in [-0.3, -0.25) is 4.99 Å². The number of guanidine groups is 1. The predicted octanol–water partition coefficient (Wildman–Crippen LogP) is 2.61. The lowest BCUT2D eigenvalue weighted by Crippen LogP contribution is -2.37. The Kier molecular flexibility index (Phi) is 5.05. The van der Waals surface area contributed by atoms with Crippen LogP contribution in [0.1, 0.15) is 11.4 Å². The molecule has 24 heavy (non-hydrogen) atoms. The third kappa shape index (κ3) is 4.10. The Labute approximate surface area is 140 Å². The minimum atomic E-state index is -0.234. The quantitative estimate of drug-likeness (QED) is 0.499. The van der Waals surface area contributed by atoms with E-state index in [4.69, 9.17) is 0 Å². The molecule has 0 aliphatic rings. The van der Waals surface area contributed by atoms with Crippen LogP contribution in [0.25, 0.3) is 11.0 Å². The number of para-hydroxylation sites is 2. The lowest BCUT2D eigenvalue weighted by Gasteiger charge is -2.11. The zero-order valence-corrected chi connectivity index (χ0v) is 13.5. The molecule has 0 bridgehead atoms. The highest BCUT2D eigenvalue weighted by Gasteiger charge is 2.03. The van der Waals surface area contributed by atoms with Crippen LogP contribution in [-0.4, -0.2) is 29.5 Å². The van der Waals surface area contributed by atoms with Gasteiger partial charge in [0.15, 0.2) is 5.96 Å². The molecule has 0 atom stereocenters. The summed E-state index contributed by atoms with van der Waals surface area (Å²) in [6.07, 6.45) is 0.759. The van der Waals surface area contributed by atoms with Crippen LogP contribution in [0.2, 0.25) is 0 Å². The van der Waals surface area contributed by atoms with Gasteiger partial charge >= 0.3 is 0 Å². The number of rotatable bonds is 5. The number of nitrogens with zero attached hydrogens (tertiary/aromatic N) is 2. The van der Waals surface area contributed by atoms with Crippen molar-refractivity contribution in [2.45, 2.75) is 13.0 Å². The highest BCUT2D eigenvalue weighted by atomic mass is 19.1. The fourth-order valence-electron chi connectivity index (χ4n) is 2.48. The van der Waals surface area contributed by atoms with E-state index in [0.29, 0.717) is 19.0 Å². The normalized spacial score (nSPS) is 11.7. The van der Waals surface area contributed by atoms with Crippen LogP contribution in [0.4, 0.5) is 4.39 Å². The molecule has 5 nitrogen and oxygen atoms in total. The Hall–Kier alpha value is -2.89. The molecule has 3 rings (SSSR count). The zero-order valence-electron chi connectivity index (χ0n) is 13.5. The molecule has 0 unspecified atom stereocenters. The van der Waals surface area contributed by atoms with Gasteiger partial charge in [-0.25, -0.2) is 9.37 Å². The number of fused-ring (bicyclic) bond motifs is 1. The van der Waals surface area contributed by atoms with Crippen LogP contribution >= 0.6 is 0 Å². The molecule has 0 spiro atoms. The van der Waals surface area contributed by atoms with Gasteiger partial charge in [0.25, 0.3) is 0 Å². The van der Waals surface area contributed by atoms with Crippen molar-refractivity contribution in [3.05, 3.63) is 65.7 Å². The van der Waals surface area contributed by atoms with Crippen LogP contribution in [0, 0.1) is 5.82 Å². The predicted molar refractivity (Wildman–Crippen MR) is 94.4 cm³/mol. The Bertz CT molecular complexity index is 807. The van der Waals surface area contributed by atoms with Gasteiger partial charge in [-0.15, -0.1) is 0 Å². The van der Waals surface area contributed by atoms with E-state index in [0.717, 1.165) is 28.8 Å². The Morgan fingerprint density at radius 1 is 1.17 bits per heavy atom. The molecule has 0 aliphatic heterocycles. The molecule has 0 aliphatic carbocycles. The molecule has 3 aromatic rings. The molecule has 3 N–H and O–H groups in total. The second kappa shape index (κ2) is 7.59. The summed E-state index contributed by atoms with van der Waals surface area (Å²) in [5.74, 6) is 1.38. The fourth-order valence-corrected chi connectivity index (χ4v) is 2.48. The number of benzene rings is 2. The number of H-pyrrole nitrogens is 1. The van der Waals surface area contributed by atoms with Crippen molar-refractivity contribution < 1.29 is 4.39 Å². The Morgan fingerprint density at radius 3 is 2.83 bits per heavy atom. The molecule has 124 valence electrons. The minimum Gasteiger partial charge on any atom is -0.356 e. The molecule has 0 amide bonds. The maximum atomic E-state index is 13.2. The summed E-state index contributed by atoms with van der Waals surface area (Å²) in [5.41, 5.74) is 2.89. The van der Waals surface area contributed by atoms with E-state index in [1.54, 1.807) is 13.1 Å². The van der Waals surface area contributed by atoms with E-state index in [-0.39, 0.29) is 5.82 Å². The number of aromatic nitrogens is 2. The second-order valence-corrected chi connectivity index (χ2v) is 5.43. The van der Waals surface area contributed by atoms with Gasteiger partial charge in [-0.05, 0) is 29.8 Å². The SMILES string of the molecule is CN=C(NCCc1nc2ccccc2[nH]1)NCc1cccc(F)c1. The van der Waals surface area contributed by atoms with Crippen molar-refractivity contribution in [1.82, 2.24) is 20.6 Å². The van der Waals surface area contributed by atoms with Crippen LogP contribution < -0.4 is 10.6 Å². The molecule has 0 radical (unpaired) electrons. The highest BCUT2D eigenvalue weighted by Crippen LogP contribution is 2.10. The summed E-state index contributed by atoms with van der Waals surface area (Å²) in [6.45, 7) is 1.21. The van der Waals surface area contributed by atoms with Crippen molar-refractivity contribution in [2.75, 3.05) is 13.6 Å².